The zero-order valence-corrected chi connectivity index (χ0v) is 10.0. The number of benzene rings is 1. The second-order valence-electron chi connectivity index (χ2n) is 4.89. The van der Waals surface area contributed by atoms with Gasteiger partial charge in [0.15, 0.2) is 0 Å². The van der Waals surface area contributed by atoms with E-state index in [1.807, 2.05) is 7.05 Å². The van der Waals surface area contributed by atoms with Crippen molar-refractivity contribution >= 4 is 17.0 Å². The fraction of sp³-hybridized carbons (Fsp3) is 0.357. The molecule has 3 nitrogen and oxygen atoms in total. The van der Waals surface area contributed by atoms with Gasteiger partial charge in [-0.3, -0.25) is 0 Å². The van der Waals surface area contributed by atoms with E-state index in [1.165, 1.54) is 16.5 Å². The van der Waals surface area contributed by atoms with Crippen molar-refractivity contribution in [3.05, 3.63) is 35.5 Å². The van der Waals surface area contributed by atoms with Crippen molar-refractivity contribution < 1.29 is 4.79 Å². The monoisotopic (exact) mass is 226 g/mol. The molecule has 2 aromatic rings. The molecular weight excluding hydrogens is 212 g/mol. The number of fused-ring (bicyclic) bond motifs is 1. The van der Waals surface area contributed by atoms with Gasteiger partial charge in [0.2, 0.25) is 6.08 Å². The van der Waals surface area contributed by atoms with Crippen LogP contribution in [0.1, 0.15) is 24.0 Å². The van der Waals surface area contributed by atoms with Crippen LogP contribution in [0, 0.1) is 6.92 Å². The second-order valence-corrected chi connectivity index (χ2v) is 4.89. The number of aromatic nitrogens is 1. The lowest BCUT2D eigenvalue weighted by molar-refractivity contribution is 0.556. The Morgan fingerprint density at radius 2 is 2.18 bits per heavy atom. The number of aryl methyl sites for hydroxylation is 2. The lowest BCUT2D eigenvalue weighted by atomic mass is 10.0. The Labute approximate surface area is 99.8 Å². The highest BCUT2D eigenvalue weighted by molar-refractivity contribution is 5.84. The third-order valence-corrected chi connectivity index (χ3v) is 3.71. The molecule has 1 heterocycles. The lowest BCUT2D eigenvalue weighted by Crippen LogP contribution is -2.01. The molecule has 0 unspecified atom stereocenters. The molecule has 0 atom stereocenters. The van der Waals surface area contributed by atoms with Crippen molar-refractivity contribution in [1.82, 2.24) is 4.57 Å². The first-order valence-electron chi connectivity index (χ1n) is 5.81. The predicted molar refractivity (Wildman–Crippen MR) is 66.7 cm³/mol. The van der Waals surface area contributed by atoms with Gasteiger partial charge >= 0.3 is 0 Å². The Morgan fingerprint density at radius 1 is 1.41 bits per heavy atom. The van der Waals surface area contributed by atoms with E-state index in [0.29, 0.717) is 0 Å². The molecule has 0 saturated heterocycles. The molecule has 0 radical (unpaired) electrons. The summed E-state index contributed by atoms with van der Waals surface area (Å²) in [7, 11) is 2.05. The third-order valence-electron chi connectivity index (χ3n) is 3.71. The number of isocyanates is 1. The molecule has 17 heavy (non-hydrogen) atoms. The van der Waals surface area contributed by atoms with Crippen molar-refractivity contribution in [3.8, 4) is 0 Å². The first-order valence-corrected chi connectivity index (χ1v) is 5.81. The molecule has 86 valence electrons. The average molecular weight is 226 g/mol. The highest BCUT2D eigenvalue weighted by atomic mass is 16.1. The topological polar surface area (TPSA) is 34.4 Å². The molecule has 3 heteroatoms. The summed E-state index contributed by atoms with van der Waals surface area (Å²) >= 11 is 0. The number of hydrogen-bond donors (Lipinski definition) is 0. The van der Waals surface area contributed by atoms with Crippen LogP contribution in [0.3, 0.4) is 0 Å². The summed E-state index contributed by atoms with van der Waals surface area (Å²) in [5, 5.41) is 1.25. The summed E-state index contributed by atoms with van der Waals surface area (Å²) in [5.74, 6) is 0. The first-order chi connectivity index (χ1) is 8.16. The minimum atomic E-state index is -0.266. The van der Waals surface area contributed by atoms with E-state index in [0.717, 1.165) is 18.4 Å². The molecule has 0 bridgehead atoms. The largest absolute Gasteiger partial charge is 0.350 e. The number of rotatable bonds is 2. The zero-order valence-electron chi connectivity index (χ0n) is 10.0. The Balaban J connectivity index is 2.20. The first kappa shape index (κ1) is 10.3. The smallest absolute Gasteiger partial charge is 0.235 e. The molecule has 1 fully saturated rings. The van der Waals surface area contributed by atoms with Crippen LogP contribution in [0.15, 0.2) is 29.4 Å². The van der Waals surface area contributed by atoms with Crippen molar-refractivity contribution in [3.63, 3.8) is 0 Å². The van der Waals surface area contributed by atoms with Gasteiger partial charge in [0, 0.05) is 24.1 Å². The zero-order chi connectivity index (χ0) is 12.0. The third kappa shape index (κ3) is 1.43. The number of hydrogen-bond acceptors (Lipinski definition) is 2. The van der Waals surface area contributed by atoms with E-state index in [1.54, 1.807) is 6.08 Å². The summed E-state index contributed by atoms with van der Waals surface area (Å²) in [6.07, 6.45) is 5.74. The number of aliphatic imine (C=N–C) groups is 1. The van der Waals surface area contributed by atoms with Crippen molar-refractivity contribution in [2.75, 3.05) is 0 Å². The van der Waals surface area contributed by atoms with Gasteiger partial charge in [-0.25, -0.2) is 4.79 Å². The molecule has 1 aromatic carbocycles. The normalized spacial score (nSPS) is 16.8. The minimum Gasteiger partial charge on any atom is -0.350 e. The maximum Gasteiger partial charge on any atom is 0.235 e. The number of carbonyl (C=O) groups excluding carboxylic acids is 1. The Hall–Kier alpha value is -1.86. The van der Waals surface area contributed by atoms with Crippen molar-refractivity contribution in [2.24, 2.45) is 12.0 Å². The van der Waals surface area contributed by atoms with Gasteiger partial charge in [0.05, 0.1) is 5.54 Å². The van der Waals surface area contributed by atoms with Crippen LogP contribution >= 0.6 is 0 Å². The quantitative estimate of drug-likeness (QED) is 0.572. The van der Waals surface area contributed by atoms with Crippen LogP contribution < -0.4 is 0 Å². The molecule has 0 N–H and O–H groups in total. The molecule has 0 spiro atoms. The molecule has 1 saturated carbocycles. The van der Waals surface area contributed by atoms with E-state index >= 15 is 0 Å². The Kier molecular flexibility index (Phi) is 2.01. The minimum absolute atomic E-state index is 0.266. The van der Waals surface area contributed by atoms with Gasteiger partial charge in [0.1, 0.15) is 0 Å². The maximum absolute atomic E-state index is 10.5. The fourth-order valence-electron chi connectivity index (χ4n) is 2.55. The highest BCUT2D eigenvalue weighted by Gasteiger charge is 2.44. The molecule has 1 aliphatic carbocycles. The molecular formula is C14H14N2O. The Morgan fingerprint density at radius 3 is 2.82 bits per heavy atom. The predicted octanol–water partition coefficient (Wildman–Crippen LogP) is 2.81. The summed E-state index contributed by atoms with van der Waals surface area (Å²) < 4.78 is 2.12. The summed E-state index contributed by atoms with van der Waals surface area (Å²) in [6, 6.07) is 6.35. The van der Waals surface area contributed by atoms with Gasteiger partial charge in [0.25, 0.3) is 0 Å². The van der Waals surface area contributed by atoms with Crippen LogP contribution in [0.4, 0.5) is 0 Å². The highest BCUT2D eigenvalue weighted by Crippen LogP contribution is 2.49. The van der Waals surface area contributed by atoms with Crippen molar-refractivity contribution in [1.29, 1.82) is 0 Å². The summed E-state index contributed by atoms with van der Waals surface area (Å²) in [4.78, 5) is 14.4. The van der Waals surface area contributed by atoms with Crippen LogP contribution in [-0.4, -0.2) is 10.6 Å². The molecule has 3 rings (SSSR count). The lowest BCUT2D eigenvalue weighted by Gasteiger charge is -2.08. The van der Waals surface area contributed by atoms with E-state index in [2.05, 4.69) is 40.9 Å². The van der Waals surface area contributed by atoms with E-state index in [4.69, 9.17) is 0 Å². The average Bonchev–Trinajstić information content (AvgIpc) is 3.04. The molecule has 1 aromatic heterocycles. The number of nitrogens with zero attached hydrogens (tertiary/aromatic N) is 2. The maximum atomic E-state index is 10.5. The molecule has 1 aliphatic rings. The standard InChI is InChI=1S/C14H14N2O/c1-10-8-16(2)13-4-3-11(7-12(10)13)14(5-6-14)15-9-17/h3-4,7-8H,5-6H2,1-2H3. The molecule has 0 amide bonds. The summed E-state index contributed by atoms with van der Waals surface area (Å²) in [5.41, 5.74) is 3.35. The van der Waals surface area contributed by atoms with Crippen LogP contribution in [-0.2, 0) is 17.4 Å². The van der Waals surface area contributed by atoms with E-state index in [9.17, 15) is 4.79 Å². The van der Waals surface area contributed by atoms with Crippen LogP contribution in [0.5, 0.6) is 0 Å². The second kappa shape index (κ2) is 3.31. The van der Waals surface area contributed by atoms with E-state index in [-0.39, 0.29) is 5.54 Å². The van der Waals surface area contributed by atoms with Gasteiger partial charge in [-0.1, -0.05) is 6.07 Å². The van der Waals surface area contributed by atoms with Gasteiger partial charge in [-0.15, -0.1) is 0 Å². The van der Waals surface area contributed by atoms with Gasteiger partial charge in [-0.05, 0) is 43.0 Å². The molecule has 0 aliphatic heterocycles. The Bertz CT molecular complexity index is 644. The SMILES string of the molecule is Cc1cn(C)c2ccc(C3(N=C=O)CC3)cc12. The van der Waals surface area contributed by atoms with Gasteiger partial charge < -0.3 is 4.57 Å². The van der Waals surface area contributed by atoms with Crippen LogP contribution in [0.2, 0.25) is 0 Å². The summed E-state index contributed by atoms with van der Waals surface area (Å²) in [6.45, 7) is 2.11. The van der Waals surface area contributed by atoms with E-state index < -0.39 is 0 Å². The van der Waals surface area contributed by atoms with Crippen LogP contribution in [0.25, 0.3) is 10.9 Å². The fourth-order valence-corrected chi connectivity index (χ4v) is 2.55. The van der Waals surface area contributed by atoms with Gasteiger partial charge in [-0.2, -0.15) is 4.99 Å². The van der Waals surface area contributed by atoms with Crippen molar-refractivity contribution in [2.45, 2.75) is 25.3 Å².